The summed E-state index contributed by atoms with van der Waals surface area (Å²) in [6.45, 7) is 5.26. The highest BCUT2D eigenvalue weighted by Crippen LogP contribution is 2.19. The lowest BCUT2D eigenvalue weighted by molar-refractivity contribution is -0.138. The van der Waals surface area contributed by atoms with Gasteiger partial charge in [0, 0.05) is 20.0 Å². The normalized spacial score (nSPS) is 13.4. The zero-order valence-corrected chi connectivity index (χ0v) is 13.0. The zero-order chi connectivity index (χ0) is 15.5. The number of carboxylic acid groups (broad SMARTS) is 1. The second-order valence-corrected chi connectivity index (χ2v) is 6.55. The minimum Gasteiger partial charge on any atom is -0.481 e. The van der Waals surface area contributed by atoms with E-state index in [-0.39, 0.29) is 23.8 Å². The molecular weight excluding hydrogens is 282 g/mol. The summed E-state index contributed by atoms with van der Waals surface area (Å²) in [5, 5.41) is 12.8. The van der Waals surface area contributed by atoms with Crippen LogP contribution in [-0.4, -0.2) is 35.8 Å². The first-order valence-electron chi connectivity index (χ1n) is 6.40. The summed E-state index contributed by atoms with van der Waals surface area (Å²) in [5.74, 6) is -1.15. The summed E-state index contributed by atoms with van der Waals surface area (Å²) in [7, 11) is -1.99. The van der Waals surface area contributed by atoms with E-state index in [0.717, 1.165) is 0 Å². The van der Waals surface area contributed by atoms with Gasteiger partial charge in [0.2, 0.25) is 10.0 Å². The van der Waals surface area contributed by atoms with Gasteiger partial charge in [-0.05, 0) is 19.8 Å². The molecule has 1 unspecified atom stereocenters. The summed E-state index contributed by atoms with van der Waals surface area (Å²) >= 11 is 0. The molecule has 0 saturated heterocycles. The van der Waals surface area contributed by atoms with Crippen LogP contribution in [0.25, 0.3) is 0 Å². The molecule has 0 radical (unpaired) electrons. The van der Waals surface area contributed by atoms with Crippen LogP contribution in [0.1, 0.15) is 31.2 Å². The highest BCUT2D eigenvalue weighted by molar-refractivity contribution is 7.89. The second-order valence-electron chi connectivity index (χ2n) is 4.85. The minimum absolute atomic E-state index is 0.0516. The number of sulfonamides is 1. The number of nitrogens with zero attached hydrogens (tertiary/aromatic N) is 2. The summed E-state index contributed by atoms with van der Waals surface area (Å²) in [5.41, 5.74) is 0.991. The topological polar surface area (TPSA) is 101 Å². The van der Waals surface area contributed by atoms with E-state index in [2.05, 4.69) is 9.82 Å². The molecule has 114 valence electrons. The van der Waals surface area contributed by atoms with Crippen LogP contribution in [0, 0.1) is 19.8 Å². The Kier molecular flexibility index (Phi) is 5.29. The maximum atomic E-state index is 12.3. The van der Waals surface area contributed by atoms with Crippen LogP contribution in [0.5, 0.6) is 0 Å². The van der Waals surface area contributed by atoms with Crippen molar-refractivity contribution in [3.63, 3.8) is 0 Å². The third-order valence-electron chi connectivity index (χ3n) is 3.31. The van der Waals surface area contributed by atoms with Crippen molar-refractivity contribution in [1.29, 1.82) is 0 Å². The minimum atomic E-state index is -3.67. The van der Waals surface area contributed by atoms with Gasteiger partial charge in [-0.1, -0.05) is 13.3 Å². The molecular formula is C12H21N3O4S. The predicted octanol–water partition coefficient (Wildman–Crippen LogP) is 0.816. The van der Waals surface area contributed by atoms with E-state index >= 15 is 0 Å². The van der Waals surface area contributed by atoms with Crippen molar-refractivity contribution < 1.29 is 18.3 Å². The van der Waals surface area contributed by atoms with Gasteiger partial charge in [-0.25, -0.2) is 13.1 Å². The summed E-state index contributed by atoms with van der Waals surface area (Å²) < 4.78 is 28.6. The standard InChI is InChI=1S/C12H21N3O4S/c1-5-10(6-11(16)17)7-13-20(18,19)12-8(2)14-15(4)9(12)3/h10,13H,5-7H2,1-4H3,(H,16,17). The van der Waals surface area contributed by atoms with Crippen LogP contribution in [0.3, 0.4) is 0 Å². The molecule has 1 aromatic heterocycles. The van der Waals surface area contributed by atoms with Crippen molar-refractivity contribution in [1.82, 2.24) is 14.5 Å². The predicted molar refractivity (Wildman–Crippen MR) is 73.9 cm³/mol. The van der Waals surface area contributed by atoms with E-state index in [9.17, 15) is 13.2 Å². The first-order chi connectivity index (χ1) is 9.19. The summed E-state index contributed by atoms with van der Waals surface area (Å²) in [6.07, 6.45) is 0.545. The lowest BCUT2D eigenvalue weighted by Gasteiger charge is -2.14. The molecule has 1 rings (SSSR count). The number of aromatic nitrogens is 2. The van der Waals surface area contributed by atoms with Crippen molar-refractivity contribution in [3.05, 3.63) is 11.4 Å². The van der Waals surface area contributed by atoms with Crippen molar-refractivity contribution in [3.8, 4) is 0 Å². The largest absolute Gasteiger partial charge is 0.481 e. The molecule has 0 fully saturated rings. The van der Waals surface area contributed by atoms with Gasteiger partial charge < -0.3 is 5.11 Å². The van der Waals surface area contributed by atoms with E-state index in [1.54, 1.807) is 20.9 Å². The highest BCUT2D eigenvalue weighted by Gasteiger charge is 2.24. The Hall–Kier alpha value is -1.41. The maximum Gasteiger partial charge on any atom is 0.303 e. The number of nitrogens with one attached hydrogen (secondary N) is 1. The monoisotopic (exact) mass is 303 g/mol. The van der Waals surface area contributed by atoms with Crippen molar-refractivity contribution >= 4 is 16.0 Å². The van der Waals surface area contributed by atoms with E-state index in [1.165, 1.54) is 4.68 Å². The van der Waals surface area contributed by atoms with Crippen molar-refractivity contribution in [2.75, 3.05) is 6.54 Å². The highest BCUT2D eigenvalue weighted by atomic mass is 32.2. The number of hydrogen-bond donors (Lipinski definition) is 2. The number of aryl methyl sites for hydroxylation is 2. The lowest BCUT2D eigenvalue weighted by Crippen LogP contribution is -2.31. The Morgan fingerprint density at radius 2 is 2.05 bits per heavy atom. The maximum absolute atomic E-state index is 12.3. The fourth-order valence-electron chi connectivity index (χ4n) is 2.05. The average molecular weight is 303 g/mol. The number of carboxylic acids is 1. The Bertz CT molecular complexity index is 592. The molecule has 1 atom stereocenters. The fraction of sp³-hybridized carbons (Fsp3) is 0.667. The zero-order valence-electron chi connectivity index (χ0n) is 12.2. The van der Waals surface area contributed by atoms with Gasteiger partial charge in [0.25, 0.3) is 0 Å². The van der Waals surface area contributed by atoms with Gasteiger partial charge in [0.15, 0.2) is 0 Å². The molecule has 20 heavy (non-hydrogen) atoms. The molecule has 8 heteroatoms. The van der Waals surface area contributed by atoms with Gasteiger partial charge in [0.1, 0.15) is 4.90 Å². The Morgan fingerprint density at radius 1 is 1.45 bits per heavy atom. The molecule has 0 aliphatic carbocycles. The van der Waals surface area contributed by atoms with Gasteiger partial charge in [0.05, 0.1) is 11.4 Å². The fourth-order valence-corrected chi connectivity index (χ4v) is 3.60. The lowest BCUT2D eigenvalue weighted by atomic mass is 10.0. The third-order valence-corrected chi connectivity index (χ3v) is 4.99. The van der Waals surface area contributed by atoms with E-state index in [1.807, 2.05) is 6.92 Å². The average Bonchev–Trinajstić information content (AvgIpc) is 2.58. The van der Waals surface area contributed by atoms with Gasteiger partial charge in [-0.15, -0.1) is 0 Å². The van der Waals surface area contributed by atoms with Crippen molar-refractivity contribution in [2.45, 2.75) is 38.5 Å². The smallest absolute Gasteiger partial charge is 0.303 e. The quantitative estimate of drug-likeness (QED) is 0.776. The summed E-state index contributed by atoms with van der Waals surface area (Å²) in [6, 6.07) is 0. The first-order valence-corrected chi connectivity index (χ1v) is 7.89. The van der Waals surface area contributed by atoms with E-state index in [4.69, 9.17) is 5.11 Å². The third kappa shape index (κ3) is 3.80. The van der Waals surface area contributed by atoms with Gasteiger partial charge in [-0.2, -0.15) is 5.10 Å². The first kappa shape index (κ1) is 16.6. The Morgan fingerprint density at radius 3 is 2.45 bits per heavy atom. The molecule has 2 N–H and O–H groups in total. The Labute approximate surface area is 119 Å². The molecule has 0 aromatic carbocycles. The van der Waals surface area contributed by atoms with Crippen LogP contribution in [-0.2, 0) is 21.9 Å². The SMILES string of the molecule is CCC(CNS(=O)(=O)c1c(C)nn(C)c1C)CC(=O)O. The molecule has 0 aliphatic heterocycles. The molecule has 0 bridgehead atoms. The molecule has 0 amide bonds. The van der Waals surface area contributed by atoms with E-state index < -0.39 is 16.0 Å². The van der Waals surface area contributed by atoms with Gasteiger partial charge in [-0.3, -0.25) is 9.48 Å². The second kappa shape index (κ2) is 6.36. The Balaban J connectivity index is 2.87. The molecule has 0 spiro atoms. The molecule has 7 nitrogen and oxygen atoms in total. The van der Waals surface area contributed by atoms with Crippen LogP contribution >= 0.6 is 0 Å². The molecule has 0 saturated carbocycles. The van der Waals surface area contributed by atoms with Crippen LogP contribution < -0.4 is 4.72 Å². The van der Waals surface area contributed by atoms with E-state index in [0.29, 0.717) is 17.8 Å². The van der Waals surface area contributed by atoms with Crippen molar-refractivity contribution in [2.24, 2.45) is 13.0 Å². The molecule has 1 heterocycles. The number of aliphatic carboxylic acids is 1. The molecule has 1 aromatic rings. The van der Waals surface area contributed by atoms with Gasteiger partial charge >= 0.3 is 5.97 Å². The molecule has 0 aliphatic rings. The number of hydrogen-bond acceptors (Lipinski definition) is 4. The van der Waals surface area contributed by atoms with Crippen LogP contribution in [0.4, 0.5) is 0 Å². The number of carbonyl (C=O) groups is 1. The summed E-state index contributed by atoms with van der Waals surface area (Å²) in [4.78, 5) is 10.9. The number of rotatable bonds is 7. The van der Waals surface area contributed by atoms with Crippen LogP contribution in [0.2, 0.25) is 0 Å². The van der Waals surface area contributed by atoms with Crippen LogP contribution in [0.15, 0.2) is 4.90 Å².